The highest BCUT2D eigenvalue weighted by Crippen LogP contribution is 2.33. The van der Waals surface area contributed by atoms with Crippen LogP contribution in [0, 0.1) is 0 Å². The second kappa shape index (κ2) is 7.56. The predicted octanol–water partition coefficient (Wildman–Crippen LogP) is 4.58. The molecule has 0 atom stereocenters. The molecule has 2 N–H and O–H groups in total. The van der Waals surface area contributed by atoms with Crippen LogP contribution in [0.4, 0.5) is 5.69 Å². The number of nitrogens with one attached hydrogen (secondary N) is 2. The second-order valence-electron chi connectivity index (χ2n) is 6.97. The largest absolute Gasteiger partial charge is 0.378 e. The summed E-state index contributed by atoms with van der Waals surface area (Å²) in [5, 5.41) is 3.47. The third kappa shape index (κ3) is 3.69. The molecule has 1 fully saturated rings. The van der Waals surface area contributed by atoms with Crippen molar-refractivity contribution in [2.45, 2.75) is 37.6 Å². The fourth-order valence-electron chi connectivity index (χ4n) is 3.82. The number of aromatic amines is 1. The number of hydrogen-bond acceptors (Lipinski definition) is 3. The maximum atomic E-state index is 12.2. The van der Waals surface area contributed by atoms with Crippen LogP contribution in [0.1, 0.15) is 37.2 Å². The maximum absolute atomic E-state index is 12.2. The molecule has 26 heavy (non-hydrogen) atoms. The predicted molar refractivity (Wildman–Crippen MR) is 105 cm³/mol. The van der Waals surface area contributed by atoms with Gasteiger partial charge in [-0.15, -0.1) is 0 Å². The van der Waals surface area contributed by atoms with Gasteiger partial charge in [0.05, 0.1) is 0 Å². The Labute approximate surface area is 153 Å². The van der Waals surface area contributed by atoms with Gasteiger partial charge in [0, 0.05) is 30.2 Å². The zero-order valence-electron chi connectivity index (χ0n) is 14.7. The summed E-state index contributed by atoms with van der Waals surface area (Å²) < 4.78 is 0. The molecule has 4 rings (SSSR count). The van der Waals surface area contributed by atoms with Crippen molar-refractivity contribution in [2.75, 3.05) is 5.32 Å². The smallest absolute Gasteiger partial charge is 0.271 e. The number of benzene rings is 1. The van der Waals surface area contributed by atoms with Crippen molar-refractivity contribution in [1.29, 1.82) is 0 Å². The van der Waals surface area contributed by atoms with Gasteiger partial charge in [0.15, 0.2) is 0 Å². The Morgan fingerprint density at radius 2 is 1.65 bits per heavy atom. The van der Waals surface area contributed by atoms with E-state index in [2.05, 4.69) is 45.6 Å². The average Bonchev–Trinajstić information content (AvgIpc) is 2.71. The van der Waals surface area contributed by atoms with Gasteiger partial charge in [-0.25, -0.2) is 0 Å². The van der Waals surface area contributed by atoms with Crippen LogP contribution in [0.2, 0.25) is 0 Å². The zero-order chi connectivity index (χ0) is 17.8. The van der Waals surface area contributed by atoms with Gasteiger partial charge >= 0.3 is 0 Å². The van der Waals surface area contributed by atoms with Crippen LogP contribution in [0.3, 0.4) is 0 Å². The van der Waals surface area contributed by atoms with Crippen LogP contribution in [0.25, 0.3) is 11.1 Å². The average molecular weight is 345 g/mol. The minimum absolute atomic E-state index is 0.0620. The summed E-state index contributed by atoms with van der Waals surface area (Å²) in [4.78, 5) is 19.1. The summed E-state index contributed by atoms with van der Waals surface area (Å²) >= 11 is 0. The molecule has 0 aliphatic heterocycles. The van der Waals surface area contributed by atoms with Gasteiger partial charge in [0.25, 0.3) is 5.56 Å². The summed E-state index contributed by atoms with van der Waals surface area (Å²) in [6, 6.07) is 16.9. The molecule has 4 heteroatoms. The van der Waals surface area contributed by atoms with E-state index in [1.807, 2.05) is 18.2 Å². The number of pyridine rings is 2. The Kier molecular flexibility index (Phi) is 4.82. The van der Waals surface area contributed by atoms with E-state index in [0.717, 1.165) is 36.8 Å². The van der Waals surface area contributed by atoms with Gasteiger partial charge in [-0.05, 0) is 60.9 Å². The molecule has 1 aliphatic rings. The molecule has 1 aromatic carbocycles. The SMILES string of the molecule is O=c1[nH]cc(-c2ccncc2)cc1NC1CCC(c2ccccc2)CC1. The molecule has 3 aromatic rings. The standard InChI is InChI=1S/C22H23N3O/c26-22-21(14-19(15-24-22)18-10-12-23-13-11-18)25-20-8-6-17(7-9-20)16-4-2-1-3-5-16/h1-5,10-15,17,20,25H,6-9H2,(H,24,26). The molecule has 0 spiro atoms. The number of nitrogens with zero attached hydrogens (tertiary/aromatic N) is 1. The lowest BCUT2D eigenvalue weighted by Gasteiger charge is -2.30. The van der Waals surface area contributed by atoms with E-state index in [4.69, 9.17) is 0 Å². The van der Waals surface area contributed by atoms with E-state index >= 15 is 0 Å². The molecule has 4 nitrogen and oxygen atoms in total. The van der Waals surface area contributed by atoms with Gasteiger partial charge in [0.2, 0.25) is 0 Å². The summed E-state index contributed by atoms with van der Waals surface area (Å²) in [5.41, 5.74) is 4.07. The Balaban J connectivity index is 1.44. The van der Waals surface area contributed by atoms with Crippen molar-refractivity contribution >= 4 is 5.69 Å². The first-order chi connectivity index (χ1) is 12.8. The Morgan fingerprint density at radius 1 is 0.923 bits per heavy atom. The highest BCUT2D eigenvalue weighted by molar-refractivity contribution is 5.66. The Hall–Kier alpha value is -2.88. The zero-order valence-corrected chi connectivity index (χ0v) is 14.7. The van der Waals surface area contributed by atoms with Gasteiger partial charge in [0.1, 0.15) is 5.69 Å². The van der Waals surface area contributed by atoms with E-state index in [1.54, 1.807) is 18.6 Å². The molecule has 1 saturated carbocycles. The Morgan fingerprint density at radius 3 is 2.38 bits per heavy atom. The normalized spacial score (nSPS) is 19.8. The van der Waals surface area contributed by atoms with Gasteiger partial charge in [-0.3, -0.25) is 9.78 Å². The highest BCUT2D eigenvalue weighted by atomic mass is 16.1. The summed E-state index contributed by atoms with van der Waals surface area (Å²) in [7, 11) is 0. The molecule has 0 saturated heterocycles. The number of H-pyrrole nitrogens is 1. The van der Waals surface area contributed by atoms with Crippen molar-refractivity contribution in [3.63, 3.8) is 0 Å². The van der Waals surface area contributed by atoms with E-state index in [1.165, 1.54) is 5.56 Å². The molecular weight excluding hydrogens is 322 g/mol. The number of hydrogen-bond donors (Lipinski definition) is 2. The molecule has 0 amide bonds. The highest BCUT2D eigenvalue weighted by Gasteiger charge is 2.22. The van der Waals surface area contributed by atoms with Crippen molar-refractivity contribution in [1.82, 2.24) is 9.97 Å². The van der Waals surface area contributed by atoms with Crippen LogP contribution >= 0.6 is 0 Å². The fraction of sp³-hybridized carbons (Fsp3) is 0.273. The van der Waals surface area contributed by atoms with E-state index in [0.29, 0.717) is 17.6 Å². The van der Waals surface area contributed by atoms with E-state index < -0.39 is 0 Å². The molecule has 0 radical (unpaired) electrons. The van der Waals surface area contributed by atoms with Crippen molar-refractivity contribution in [3.8, 4) is 11.1 Å². The number of rotatable bonds is 4. The van der Waals surface area contributed by atoms with Crippen molar-refractivity contribution < 1.29 is 0 Å². The van der Waals surface area contributed by atoms with Crippen LogP contribution in [0.15, 0.2) is 71.9 Å². The fourth-order valence-corrected chi connectivity index (χ4v) is 3.82. The molecule has 2 heterocycles. The molecule has 0 unspecified atom stereocenters. The lowest BCUT2D eigenvalue weighted by Crippen LogP contribution is -2.28. The molecule has 0 bridgehead atoms. The van der Waals surface area contributed by atoms with Crippen molar-refractivity contribution in [3.05, 3.63) is 83.0 Å². The lowest BCUT2D eigenvalue weighted by atomic mass is 9.82. The molecule has 132 valence electrons. The minimum atomic E-state index is -0.0620. The maximum Gasteiger partial charge on any atom is 0.271 e. The Bertz CT molecular complexity index is 897. The summed E-state index contributed by atoms with van der Waals surface area (Å²) in [5.74, 6) is 0.635. The van der Waals surface area contributed by atoms with Crippen LogP contribution in [0.5, 0.6) is 0 Å². The summed E-state index contributed by atoms with van der Waals surface area (Å²) in [6.07, 6.45) is 9.76. The quantitative estimate of drug-likeness (QED) is 0.728. The third-order valence-electron chi connectivity index (χ3n) is 5.27. The topological polar surface area (TPSA) is 57.8 Å². The molecule has 2 aromatic heterocycles. The summed E-state index contributed by atoms with van der Waals surface area (Å²) in [6.45, 7) is 0. The molecular formula is C22H23N3O. The second-order valence-corrected chi connectivity index (χ2v) is 6.97. The van der Waals surface area contributed by atoms with Crippen LogP contribution in [-0.2, 0) is 0 Å². The van der Waals surface area contributed by atoms with Crippen LogP contribution in [-0.4, -0.2) is 16.0 Å². The lowest BCUT2D eigenvalue weighted by molar-refractivity contribution is 0.412. The first kappa shape index (κ1) is 16.6. The van der Waals surface area contributed by atoms with Crippen LogP contribution < -0.4 is 10.9 Å². The minimum Gasteiger partial charge on any atom is -0.378 e. The van der Waals surface area contributed by atoms with E-state index in [-0.39, 0.29) is 5.56 Å². The number of aromatic nitrogens is 2. The first-order valence-corrected chi connectivity index (χ1v) is 9.24. The van der Waals surface area contributed by atoms with Gasteiger partial charge < -0.3 is 10.3 Å². The monoisotopic (exact) mass is 345 g/mol. The number of anilines is 1. The first-order valence-electron chi connectivity index (χ1n) is 9.24. The van der Waals surface area contributed by atoms with Gasteiger partial charge in [-0.2, -0.15) is 0 Å². The van der Waals surface area contributed by atoms with Gasteiger partial charge in [-0.1, -0.05) is 30.3 Å². The van der Waals surface area contributed by atoms with Crippen molar-refractivity contribution in [2.24, 2.45) is 0 Å². The third-order valence-corrected chi connectivity index (χ3v) is 5.27. The molecule has 1 aliphatic carbocycles. The van der Waals surface area contributed by atoms with E-state index in [9.17, 15) is 4.79 Å².